The molecule has 0 saturated carbocycles. The minimum absolute atomic E-state index is 0.0209. The fraction of sp³-hybridized carbons (Fsp3) is 0.417. The van der Waals surface area contributed by atoms with Crippen LogP contribution in [0.3, 0.4) is 0 Å². The van der Waals surface area contributed by atoms with E-state index in [4.69, 9.17) is 4.74 Å². The SMILES string of the molecule is COc1ccc(CN2CC3(CCN(C(=O)Cc4ccccc4)CC3)CC2=O)cc1. The highest BCUT2D eigenvalue weighted by molar-refractivity contribution is 5.80. The number of carbonyl (C=O) groups is 2. The molecule has 29 heavy (non-hydrogen) atoms. The van der Waals surface area contributed by atoms with Crippen molar-refractivity contribution in [1.82, 2.24) is 9.80 Å². The molecule has 4 rings (SSSR count). The number of amides is 2. The lowest BCUT2D eigenvalue weighted by atomic mass is 9.77. The fourth-order valence-corrected chi connectivity index (χ4v) is 4.52. The van der Waals surface area contributed by atoms with Gasteiger partial charge in [-0.05, 0) is 36.1 Å². The normalized spacial score (nSPS) is 18.3. The Kier molecular flexibility index (Phi) is 5.56. The summed E-state index contributed by atoms with van der Waals surface area (Å²) in [4.78, 5) is 29.2. The molecule has 0 unspecified atom stereocenters. The fourth-order valence-electron chi connectivity index (χ4n) is 4.52. The van der Waals surface area contributed by atoms with Crippen LogP contribution in [0.4, 0.5) is 0 Å². The smallest absolute Gasteiger partial charge is 0.226 e. The van der Waals surface area contributed by atoms with Gasteiger partial charge in [0.2, 0.25) is 11.8 Å². The molecule has 0 aromatic heterocycles. The van der Waals surface area contributed by atoms with Crippen molar-refractivity contribution in [2.45, 2.75) is 32.2 Å². The van der Waals surface area contributed by atoms with Crippen LogP contribution in [0.25, 0.3) is 0 Å². The summed E-state index contributed by atoms with van der Waals surface area (Å²) in [5.41, 5.74) is 2.19. The maximum atomic E-state index is 12.7. The van der Waals surface area contributed by atoms with E-state index in [1.807, 2.05) is 64.4 Å². The molecule has 2 aromatic rings. The van der Waals surface area contributed by atoms with Crippen LogP contribution in [0.2, 0.25) is 0 Å². The largest absolute Gasteiger partial charge is 0.497 e. The molecule has 152 valence electrons. The molecule has 2 amide bonds. The van der Waals surface area contributed by atoms with Gasteiger partial charge >= 0.3 is 0 Å². The molecule has 2 aromatic carbocycles. The Morgan fingerprint density at radius 2 is 1.69 bits per heavy atom. The number of methoxy groups -OCH3 is 1. The van der Waals surface area contributed by atoms with Crippen LogP contribution in [0.15, 0.2) is 54.6 Å². The molecule has 2 saturated heterocycles. The van der Waals surface area contributed by atoms with Crippen molar-refractivity contribution in [2.24, 2.45) is 5.41 Å². The van der Waals surface area contributed by atoms with Crippen molar-refractivity contribution in [3.8, 4) is 5.75 Å². The van der Waals surface area contributed by atoms with Crippen molar-refractivity contribution < 1.29 is 14.3 Å². The average Bonchev–Trinajstić information content (AvgIpc) is 3.04. The molecule has 5 nitrogen and oxygen atoms in total. The Morgan fingerprint density at radius 1 is 1.00 bits per heavy atom. The Balaban J connectivity index is 1.32. The van der Waals surface area contributed by atoms with E-state index in [9.17, 15) is 9.59 Å². The Labute approximate surface area is 172 Å². The van der Waals surface area contributed by atoms with Gasteiger partial charge in [-0.3, -0.25) is 9.59 Å². The zero-order chi connectivity index (χ0) is 20.3. The number of piperidine rings is 1. The summed E-state index contributed by atoms with van der Waals surface area (Å²) < 4.78 is 5.20. The second-order valence-corrected chi connectivity index (χ2v) is 8.32. The summed E-state index contributed by atoms with van der Waals surface area (Å²) in [5, 5.41) is 0. The van der Waals surface area contributed by atoms with Crippen molar-refractivity contribution in [3.63, 3.8) is 0 Å². The van der Waals surface area contributed by atoms with E-state index in [-0.39, 0.29) is 17.2 Å². The second kappa shape index (κ2) is 8.27. The van der Waals surface area contributed by atoms with Crippen LogP contribution in [0, 0.1) is 5.41 Å². The first-order valence-corrected chi connectivity index (χ1v) is 10.3. The number of ether oxygens (including phenoxy) is 1. The van der Waals surface area contributed by atoms with Crippen LogP contribution in [-0.4, -0.2) is 48.4 Å². The Hall–Kier alpha value is -2.82. The van der Waals surface area contributed by atoms with E-state index in [0.717, 1.165) is 49.4 Å². The highest BCUT2D eigenvalue weighted by atomic mass is 16.5. The number of carbonyl (C=O) groups excluding carboxylic acids is 2. The van der Waals surface area contributed by atoms with Gasteiger partial charge in [0.1, 0.15) is 5.75 Å². The van der Waals surface area contributed by atoms with E-state index in [1.54, 1.807) is 7.11 Å². The van der Waals surface area contributed by atoms with Gasteiger partial charge in [0.25, 0.3) is 0 Å². The summed E-state index contributed by atoms with van der Waals surface area (Å²) in [6.07, 6.45) is 2.86. The topological polar surface area (TPSA) is 49.9 Å². The molecule has 1 spiro atoms. The van der Waals surface area contributed by atoms with E-state index in [0.29, 0.717) is 19.4 Å². The number of benzene rings is 2. The van der Waals surface area contributed by atoms with Crippen LogP contribution in [-0.2, 0) is 22.6 Å². The molecular formula is C24H28N2O3. The summed E-state index contributed by atoms with van der Waals surface area (Å²) >= 11 is 0. The van der Waals surface area contributed by atoms with Gasteiger partial charge in [-0.25, -0.2) is 0 Å². The second-order valence-electron chi connectivity index (χ2n) is 8.32. The molecule has 2 heterocycles. The first kappa shape index (κ1) is 19.5. The molecular weight excluding hydrogens is 364 g/mol. The monoisotopic (exact) mass is 392 g/mol. The molecule has 0 atom stereocenters. The van der Waals surface area contributed by atoms with Gasteiger partial charge in [-0.2, -0.15) is 0 Å². The van der Waals surface area contributed by atoms with Gasteiger partial charge in [-0.15, -0.1) is 0 Å². The Morgan fingerprint density at radius 3 is 2.34 bits per heavy atom. The summed E-state index contributed by atoms with van der Waals surface area (Å²) in [6, 6.07) is 17.8. The van der Waals surface area contributed by atoms with Crippen molar-refractivity contribution >= 4 is 11.8 Å². The van der Waals surface area contributed by atoms with Crippen molar-refractivity contribution in [2.75, 3.05) is 26.7 Å². The standard InChI is InChI=1S/C24H28N2O3/c1-29-21-9-7-20(8-10-21)17-26-18-24(16-23(26)28)11-13-25(14-12-24)22(27)15-19-5-3-2-4-6-19/h2-10H,11-18H2,1H3. The third kappa shape index (κ3) is 4.44. The molecule has 0 radical (unpaired) electrons. The van der Waals surface area contributed by atoms with Gasteiger partial charge in [-0.1, -0.05) is 42.5 Å². The van der Waals surface area contributed by atoms with E-state index in [2.05, 4.69) is 0 Å². The molecule has 5 heteroatoms. The first-order chi connectivity index (χ1) is 14.1. The van der Waals surface area contributed by atoms with Crippen LogP contribution in [0.5, 0.6) is 5.75 Å². The number of rotatable bonds is 5. The number of nitrogens with zero attached hydrogens (tertiary/aromatic N) is 2. The van der Waals surface area contributed by atoms with E-state index in [1.165, 1.54) is 0 Å². The lowest BCUT2D eigenvalue weighted by Gasteiger charge is -2.39. The maximum Gasteiger partial charge on any atom is 0.226 e. The van der Waals surface area contributed by atoms with Gasteiger partial charge in [0, 0.05) is 38.0 Å². The maximum absolute atomic E-state index is 12.7. The predicted octanol–water partition coefficient (Wildman–Crippen LogP) is 3.28. The lowest BCUT2D eigenvalue weighted by molar-refractivity contribution is -0.132. The lowest BCUT2D eigenvalue weighted by Crippen LogP contribution is -2.44. The van der Waals surface area contributed by atoms with Crippen LogP contribution < -0.4 is 4.74 Å². The first-order valence-electron chi connectivity index (χ1n) is 10.3. The van der Waals surface area contributed by atoms with E-state index < -0.39 is 0 Å². The van der Waals surface area contributed by atoms with Crippen LogP contribution in [0.1, 0.15) is 30.4 Å². The quantitative estimate of drug-likeness (QED) is 0.785. The average molecular weight is 392 g/mol. The number of hydrogen-bond donors (Lipinski definition) is 0. The van der Waals surface area contributed by atoms with Crippen molar-refractivity contribution in [1.29, 1.82) is 0 Å². The molecule has 2 aliphatic heterocycles. The molecule has 0 N–H and O–H groups in total. The number of likely N-dealkylation sites (tertiary alicyclic amines) is 2. The summed E-state index contributed by atoms with van der Waals surface area (Å²) in [7, 11) is 1.65. The molecule has 2 aliphatic rings. The third-order valence-corrected chi connectivity index (χ3v) is 6.31. The third-order valence-electron chi connectivity index (χ3n) is 6.31. The van der Waals surface area contributed by atoms with Gasteiger partial charge < -0.3 is 14.5 Å². The van der Waals surface area contributed by atoms with Gasteiger partial charge in [0.05, 0.1) is 13.5 Å². The van der Waals surface area contributed by atoms with Crippen molar-refractivity contribution in [3.05, 3.63) is 65.7 Å². The highest BCUT2D eigenvalue weighted by Gasteiger charge is 2.45. The zero-order valence-electron chi connectivity index (χ0n) is 17.0. The summed E-state index contributed by atoms with van der Waals surface area (Å²) in [6.45, 7) is 2.92. The molecule has 2 fully saturated rings. The zero-order valence-corrected chi connectivity index (χ0v) is 17.0. The molecule has 0 bridgehead atoms. The Bertz CT molecular complexity index is 855. The predicted molar refractivity (Wildman–Crippen MR) is 111 cm³/mol. The number of hydrogen-bond acceptors (Lipinski definition) is 3. The molecule has 0 aliphatic carbocycles. The minimum Gasteiger partial charge on any atom is -0.497 e. The van der Waals surface area contributed by atoms with E-state index >= 15 is 0 Å². The minimum atomic E-state index is 0.0209. The van der Waals surface area contributed by atoms with Crippen LogP contribution >= 0.6 is 0 Å². The van der Waals surface area contributed by atoms with Gasteiger partial charge in [0.15, 0.2) is 0 Å². The summed E-state index contributed by atoms with van der Waals surface area (Å²) in [5.74, 6) is 1.24. The highest BCUT2D eigenvalue weighted by Crippen LogP contribution is 2.41.